The molecule has 1 aromatic carbocycles. The van der Waals surface area contributed by atoms with Gasteiger partial charge in [-0.1, -0.05) is 0 Å². The molecule has 2 N–H and O–H groups in total. The molecule has 1 aromatic rings. The molecule has 5 nitrogen and oxygen atoms in total. The predicted molar refractivity (Wildman–Crippen MR) is 92.2 cm³/mol. The lowest BCUT2D eigenvalue weighted by Gasteiger charge is -2.31. The number of hydrogen-bond acceptors (Lipinski definition) is 4. The van der Waals surface area contributed by atoms with Gasteiger partial charge in [-0.2, -0.15) is 0 Å². The van der Waals surface area contributed by atoms with Gasteiger partial charge in [-0.15, -0.1) is 0 Å². The molecule has 1 aliphatic rings. The maximum Gasteiger partial charge on any atom is 0.171 e. The Bertz CT molecular complexity index is 673. The highest BCUT2D eigenvalue weighted by Gasteiger charge is 2.30. The van der Waals surface area contributed by atoms with E-state index in [-0.39, 0.29) is 11.8 Å². The van der Waals surface area contributed by atoms with Gasteiger partial charge >= 0.3 is 0 Å². The van der Waals surface area contributed by atoms with E-state index in [9.17, 15) is 4.79 Å². The van der Waals surface area contributed by atoms with Gasteiger partial charge in [-0.05, 0) is 48.1 Å². The SMILES string of the molecule is COc1cc(OC)c([C@H]2NC(=S)NC(C)=C2C(C)=O)cc1Br. The Kier molecular flexibility index (Phi) is 5.08. The van der Waals surface area contributed by atoms with Gasteiger partial charge in [0.15, 0.2) is 10.9 Å². The van der Waals surface area contributed by atoms with Gasteiger partial charge in [-0.3, -0.25) is 4.79 Å². The number of Topliss-reactive ketones (excluding diaryl/α,β-unsaturated/α-hetero) is 1. The second-order valence-electron chi connectivity index (χ2n) is 4.86. The average molecular weight is 385 g/mol. The van der Waals surface area contributed by atoms with Crippen LogP contribution < -0.4 is 20.1 Å². The number of carbonyl (C=O) groups is 1. The fourth-order valence-electron chi connectivity index (χ4n) is 2.50. The summed E-state index contributed by atoms with van der Waals surface area (Å²) in [6, 6.07) is 3.28. The van der Waals surface area contributed by atoms with Crippen molar-refractivity contribution in [3.63, 3.8) is 0 Å². The second kappa shape index (κ2) is 6.66. The van der Waals surface area contributed by atoms with Crippen LogP contribution in [0.1, 0.15) is 25.5 Å². The zero-order valence-electron chi connectivity index (χ0n) is 12.7. The maximum atomic E-state index is 12.0. The molecule has 1 heterocycles. The first kappa shape index (κ1) is 16.8. The molecule has 0 amide bonds. The molecule has 0 unspecified atom stereocenters. The monoisotopic (exact) mass is 384 g/mol. The van der Waals surface area contributed by atoms with Crippen LogP contribution in [0, 0.1) is 0 Å². The van der Waals surface area contributed by atoms with Gasteiger partial charge in [0.05, 0.1) is 24.7 Å². The van der Waals surface area contributed by atoms with Crippen molar-refractivity contribution in [3.05, 3.63) is 33.4 Å². The Labute approximate surface area is 143 Å². The van der Waals surface area contributed by atoms with E-state index in [0.29, 0.717) is 22.2 Å². The van der Waals surface area contributed by atoms with Gasteiger partial charge in [-0.25, -0.2) is 0 Å². The third-order valence-corrected chi connectivity index (χ3v) is 4.30. The van der Waals surface area contributed by atoms with Crippen LogP contribution in [0.4, 0.5) is 0 Å². The predicted octanol–water partition coefficient (Wildman–Crippen LogP) is 2.85. The van der Waals surface area contributed by atoms with Crippen LogP contribution >= 0.6 is 28.1 Å². The lowest BCUT2D eigenvalue weighted by atomic mass is 9.92. The van der Waals surface area contributed by atoms with Crippen molar-refractivity contribution in [2.75, 3.05) is 14.2 Å². The summed E-state index contributed by atoms with van der Waals surface area (Å²) in [5.41, 5.74) is 2.18. The van der Waals surface area contributed by atoms with E-state index >= 15 is 0 Å². The van der Waals surface area contributed by atoms with E-state index in [1.54, 1.807) is 20.3 Å². The van der Waals surface area contributed by atoms with Gasteiger partial charge in [0, 0.05) is 22.9 Å². The molecular weight excluding hydrogens is 368 g/mol. The lowest BCUT2D eigenvalue weighted by Crippen LogP contribution is -2.44. The number of methoxy groups -OCH3 is 2. The van der Waals surface area contributed by atoms with E-state index in [0.717, 1.165) is 15.7 Å². The van der Waals surface area contributed by atoms with Crippen LogP contribution in [0.2, 0.25) is 0 Å². The fraction of sp³-hybridized carbons (Fsp3) is 0.333. The Morgan fingerprint density at radius 3 is 2.45 bits per heavy atom. The Balaban J connectivity index is 2.62. The summed E-state index contributed by atoms with van der Waals surface area (Å²) in [6.45, 7) is 3.37. The Hall–Kier alpha value is -1.60. The zero-order chi connectivity index (χ0) is 16.4. The molecule has 2 rings (SSSR count). The van der Waals surface area contributed by atoms with Crippen molar-refractivity contribution in [2.45, 2.75) is 19.9 Å². The molecule has 7 heteroatoms. The minimum Gasteiger partial charge on any atom is -0.496 e. The summed E-state index contributed by atoms with van der Waals surface area (Å²) in [4.78, 5) is 12.0. The van der Waals surface area contributed by atoms with Crippen molar-refractivity contribution in [2.24, 2.45) is 0 Å². The zero-order valence-corrected chi connectivity index (χ0v) is 15.1. The number of allylic oxidation sites excluding steroid dienone is 1. The molecule has 0 saturated carbocycles. The molecule has 0 aromatic heterocycles. The first-order valence-electron chi connectivity index (χ1n) is 6.59. The van der Waals surface area contributed by atoms with Crippen molar-refractivity contribution >= 4 is 39.0 Å². The number of rotatable bonds is 4. The summed E-state index contributed by atoms with van der Waals surface area (Å²) in [7, 11) is 3.16. The molecule has 0 bridgehead atoms. The van der Waals surface area contributed by atoms with E-state index in [1.807, 2.05) is 13.0 Å². The van der Waals surface area contributed by atoms with E-state index in [2.05, 4.69) is 26.6 Å². The minimum atomic E-state index is -0.372. The van der Waals surface area contributed by atoms with Crippen LogP contribution in [0.25, 0.3) is 0 Å². The van der Waals surface area contributed by atoms with Gasteiger partial charge in [0.1, 0.15) is 11.5 Å². The second-order valence-corrected chi connectivity index (χ2v) is 6.12. The van der Waals surface area contributed by atoms with Crippen molar-refractivity contribution in [1.82, 2.24) is 10.6 Å². The minimum absolute atomic E-state index is 0.0287. The summed E-state index contributed by atoms with van der Waals surface area (Å²) >= 11 is 8.68. The Morgan fingerprint density at radius 2 is 1.91 bits per heavy atom. The molecule has 0 spiro atoms. The number of ether oxygens (including phenoxy) is 2. The largest absolute Gasteiger partial charge is 0.496 e. The highest BCUT2D eigenvalue weighted by atomic mass is 79.9. The molecule has 1 aliphatic heterocycles. The first-order valence-corrected chi connectivity index (χ1v) is 7.79. The molecule has 0 saturated heterocycles. The topological polar surface area (TPSA) is 59.6 Å². The molecule has 118 valence electrons. The number of halogens is 1. The standard InChI is InChI=1S/C15H17BrN2O3S/c1-7-13(8(2)19)14(18-15(22)17-7)9-5-10(16)12(21-4)6-11(9)20-3/h5-6,14H,1-4H3,(H2,17,18,22)/t14-/m1/s1. The van der Waals surface area contributed by atoms with Gasteiger partial charge < -0.3 is 20.1 Å². The summed E-state index contributed by atoms with van der Waals surface area (Å²) in [5, 5.41) is 6.59. The van der Waals surface area contributed by atoms with Crippen LogP contribution in [0.15, 0.2) is 27.9 Å². The normalized spacial score (nSPS) is 17.7. The smallest absolute Gasteiger partial charge is 0.171 e. The average Bonchev–Trinajstić information content (AvgIpc) is 2.45. The summed E-state index contributed by atoms with van der Waals surface area (Å²) < 4.78 is 11.5. The van der Waals surface area contributed by atoms with Crippen LogP contribution in [0.3, 0.4) is 0 Å². The van der Waals surface area contributed by atoms with Gasteiger partial charge in [0.2, 0.25) is 0 Å². The molecule has 0 radical (unpaired) electrons. The number of carbonyl (C=O) groups excluding carboxylic acids is 1. The molecular formula is C15H17BrN2O3S. The van der Waals surface area contributed by atoms with Crippen LogP contribution in [0.5, 0.6) is 11.5 Å². The van der Waals surface area contributed by atoms with Gasteiger partial charge in [0.25, 0.3) is 0 Å². The molecule has 0 fully saturated rings. The van der Waals surface area contributed by atoms with Crippen LogP contribution in [-0.4, -0.2) is 25.1 Å². The lowest BCUT2D eigenvalue weighted by molar-refractivity contribution is -0.114. The highest BCUT2D eigenvalue weighted by molar-refractivity contribution is 9.10. The summed E-state index contributed by atoms with van der Waals surface area (Å²) in [6.07, 6.45) is 0. The molecule has 0 aliphatic carbocycles. The number of hydrogen-bond donors (Lipinski definition) is 2. The maximum absolute atomic E-state index is 12.0. The number of benzene rings is 1. The first-order chi connectivity index (χ1) is 10.4. The Morgan fingerprint density at radius 1 is 1.27 bits per heavy atom. The summed E-state index contributed by atoms with van der Waals surface area (Å²) in [5.74, 6) is 1.25. The van der Waals surface area contributed by atoms with E-state index in [4.69, 9.17) is 21.7 Å². The van der Waals surface area contributed by atoms with E-state index < -0.39 is 0 Å². The highest BCUT2D eigenvalue weighted by Crippen LogP contribution is 2.39. The van der Waals surface area contributed by atoms with Crippen LogP contribution in [-0.2, 0) is 4.79 Å². The quantitative estimate of drug-likeness (QED) is 0.778. The third kappa shape index (κ3) is 3.10. The van der Waals surface area contributed by atoms with Crippen molar-refractivity contribution in [1.29, 1.82) is 0 Å². The van der Waals surface area contributed by atoms with E-state index in [1.165, 1.54) is 6.92 Å². The van der Waals surface area contributed by atoms with Crippen molar-refractivity contribution in [3.8, 4) is 11.5 Å². The molecule has 1 atom stereocenters. The molecule has 22 heavy (non-hydrogen) atoms. The van der Waals surface area contributed by atoms with Crippen molar-refractivity contribution < 1.29 is 14.3 Å². The number of thiocarbonyl (C=S) groups is 1. The fourth-order valence-corrected chi connectivity index (χ4v) is 3.30. The number of ketones is 1. The third-order valence-electron chi connectivity index (χ3n) is 3.46. The number of nitrogens with one attached hydrogen (secondary N) is 2.